The molecule has 4 rings (SSSR count). The summed E-state index contributed by atoms with van der Waals surface area (Å²) in [5.41, 5.74) is 2.33. The Morgan fingerprint density at radius 3 is 2.25 bits per heavy atom. The summed E-state index contributed by atoms with van der Waals surface area (Å²) in [4.78, 5) is 21.0. The van der Waals surface area contributed by atoms with Gasteiger partial charge in [-0.1, -0.05) is 36.4 Å². The van der Waals surface area contributed by atoms with E-state index < -0.39 is 27.8 Å². The molecule has 1 saturated heterocycles. The molecule has 1 aliphatic heterocycles. The van der Waals surface area contributed by atoms with E-state index in [-0.39, 0.29) is 18.3 Å². The van der Waals surface area contributed by atoms with Crippen LogP contribution >= 0.6 is 0 Å². The van der Waals surface area contributed by atoms with E-state index in [9.17, 15) is 26.4 Å². The molecule has 1 fully saturated rings. The molecule has 2 N–H and O–H groups in total. The molecule has 1 amide bonds. The van der Waals surface area contributed by atoms with Crippen LogP contribution in [0.3, 0.4) is 0 Å². The van der Waals surface area contributed by atoms with Gasteiger partial charge in [0.1, 0.15) is 11.5 Å². The predicted molar refractivity (Wildman–Crippen MR) is 150 cm³/mol. The van der Waals surface area contributed by atoms with Gasteiger partial charge >= 0.3 is 6.18 Å². The molecule has 1 aliphatic rings. The number of pyridine rings is 1. The van der Waals surface area contributed by atoms with E-state index in [1.165, 1.54) is 6.07 Å². The molecule has 0 aliphatic carbocycles. The molecular formula is C28H32F3N5O3S. The van der Waals surface area contributed by atoms with Crippen LogP contribution in [0, 0.1) is 6.92 Å². The minimum Gasteiger partial charge on any atom is -0.368 e. The fraction of sp³-hybridized carbons (Fsp3) is 0.357. The second-order valence-electron chi connectivity index (χ2n) is 9.87. The minimum atomic E-state index is -4.59. The Morgan fingerprint density at radius 1 is 1.00 bits per heavy atom. The van der Waals surface area contributed by atoms with Crippen molar-refractivity contribution in [3.63, 3.8) is 0 Å². The number of sulfonamides is 1. The number of anilines is 3. The third-order valence-electron chi connectivity index (χ3n) is 6.84. The van der Waals surface area contributed by atoms with E-state index in [4.69, 9.17) is 0 Å². The second kappa shape index (κ2) is 11.7. The zero-order valence-corrected chi connectivity index (χ0v) is 23.3. The maximum Gasteiger partial charge on any atom is 0.433 e. The van der Waals surface area contributed by atoms with Crippen molar-refractivity contribution in [2.24, 2.45) is 0 Å². The van der Waals surface area contributed by atoms with Gasteiger partial charge in [-0.25, -0.2) is 13.4 Å². The Labute approximate surface area is 232 Å². The van der Waals surface area contributed by atoms with E-state index in [0.29, 0.717) is 48.6 Å². The first-order chi connectivity index (χ1) is 18.8. The number of alkyl halides is 3. The molecule has 8 nitrogen and oxygen atoms in total. The van der Waals surface area contributed by atoms with Gasteiger partial charge in [0.15, 0.2) is 0 Å². The molecule has 2 aromatic carbocycles. The second-order valence-corrected chi connectivity index (χ2v) is 11.6. The van der Waals surface area contributed by atoms with Gasteiger partial charge in [-0.3, -0.25) is 9.52 Å². The molecule has 0 radical (unpaired) electrons. The number of benzene rings is 2. The largest absolute Gasteiger partial charge is 0.433 e. The van der Waals surface area contributed by atoms with Crippen molar-refractivity contribution in [3.8, 4) is 0 Å². The van der Waals surface area contributed by atoms with Crippen LogP contribution in [-0.4, -0.2) is 51.7 Å². The van der Waals surface area contributed by atoms with Crippen LogP contribution in [0.25, 0.3) is 0 Å². The number of carbonyl (C=O) groups excluding carboxylic acids is 1. The number of para-hydroxylation sites is 1. The number of carbonyl (C=O) groups is 1. The van der Waals surface area contributed by atoms with Gasteiger partial charge in [0.25, 0.3) is 0 Å². The molecule has 2 heterocycles. The number of nitrogens with zero attached hydrogens (tertiary/aromatic N) is 3. The van der Waals surface area contributed by atoms with Crippen LogP contribution in [-0.2, 0) is 27.5 Å². The van der Waals surface area contributed by atoms with Crippen LogP contribution in [0.2, 0.25) is 0 Å². The molecule has 214 valence electrons. The Bertz CT molecular complexity index is 1460. The van der Waals surface area contributed by atoms with Crippen molar-refractivity contribution in [2.45, 2.75) is 32.5 Å². The number of hydrogen-bond donors (Lipinski definition) is 2. The van der Waals surface area contributed by atoms with Crippen LogP contribution in [0.15, 0.2) is 60.7 Å². The standard InChI is InChI=1S/C28H32F3N5O3S/c1-19-17-21(9-11-24(19)34-40(3,38)39)20(2)27(37)32-18-22-10-12-25(28(29,30)31)33-26(22)36-15-13-35(14-16-36)23-7-5-4-6-8-23/h4-12,17,20,34H,13-16,18H2,1-3H3,(H,32,37). The Hall–Kier alpha value is -3.80. The summed E-state index contributed by atoms with van der Waals surface area (Å²) in [5.74, 6) is -0.684. The number of amides is 1. The lowest BCUT2D eigenvalue weighted by atomic mass is 9.97. The normalized spacial score (nSPS) is 15.1. The van der Waals surface area contributed by atoms with Crippen molar-refractivity contribution in [2.75, 3.05) is 47.0 Å². The first-order valence-corrected chi connectivity index (χ1v) is 14.7. The number of aryl methyl sites for hydroxylation is 1. The average molecular weight is 576 g/mol. The molecule has 1 unspecified atom stereocenters. The predicted octanol–water partition coefficient (Wildman–Crippen LogP) is 4.53. The number of rotatable bonds is 8. The highest BCUT2D eigenvalue weighted by atomic mass is 32.2. The SMILES string of the molecule is Cc1cc(C(C)C(=O)NCc2ccc(C(F)(F)F)nc2N2CCN(c3ccccc3)CC2)ccc1NS(C)(=O)=O. The van der Waals surface area contributed by atoms with E-state index >= 15 is 0 Å². The van der Waals surface area contributed by atoms with Gasteiger partial charge in [0.2, 0.25) is 15.9 Å². The highest BCUT2D eigenvalue weighted by Crippen LogP contribution is 2.31. The van der Waals surface area contributed by atoms with Crippen LogP contribution in [0.1, 0.15) is 35.2 Å². The molecule has 0 spiro atoms. The fourth-order valence-corrected chi connectivity index (χ4v) is 5.25. The minimum absolute atomic E-state index is 0.00917. The van der Waals surface area contributed by atoms with Gasteiger partial charge in [0.05, 0.1) is 17.9 Å². The quantitative estimate of drug-likeness (QED) is 0.410. The van der Waals surface area contributed by atoms with E-state index in [1.54, 1.807) is 32.0 Å². The Kier molecular flexibility index (Phi) is 8.57. The number of halogens is 3. The zero-order valence-electron chi connectivity index (χ0n) is 22.5. The van der Waals surface area contributed by atoms with Crippen molar-refractivity contribution in [3.05, 3.63) is 83.0 Å². The molecule has 0 bridgehead atoms. The zero-order chi connectivity index (χ0) is 29.1. The molecule has 40 heavy (non-hydrogen) atoms. The number of aromatic nitrogens is 1. The smallest absolute Gasteiger partial charge is 0.368 e. The number of piperazine rings is 1. The number of nitrogens with one attached hydrogen (secondary N) is 2. The third-order valence-corrected chi connectivity index (χ3v) is 7.43. The van der Waals surface area contributed by atoms with Crippen LogP contribution in [0.5, 0.6) is 0 Å². The van der Waals surface area contributed by atoms with E-state index in [2.05, 4.69) is 19.9 Å². The highest BCUT2D eigenvalue weighted by Gasteiger charge is 2.34. The van der Waals surface area contributed by atoms with Gasteiger partial charge in [0, 0.05) is 44.0 Å². The van der Waals surface area contributed by atoms with Crippen molar-refractivity contribution >= 4 is 33.1 Å². The van der Waals surface area contributed by atoms with Crippen LogP contribution < -0.4 is 19.8 Å². The first kappa shape index (κ1) is 29.2. The lowest BCUT2D eigenvalue weighted by molar-refractivity contribution is -0.141. The van der Waals surface area contributed by atoms with Crippen molar-refractivity contribution < 1.29 is 26.4 Å². The van der Waals surface area contributed by atoms with E-state index in [0.717, 1.165) is 18.0 Å². The van der Waals surface area contributed by atoms with E-state index in [1.807, 2.05) is 35.2 Å². The molecule has 0 saturated carbocycles. The maximum absolute atomic E-state index is 13.5. The molecule has 1 atom stereocenters. The van der Waals surface area contributed by atoms with Crippen LogP contribution in [0.4, 0.5) is 30.4 Å². The number of hydrogen-bond acceptors (Lipinski definition) is 6. The van der Waals surface area contributed by atoms with Gasteiger partial charge < -0.3 is 15.1 Å². The summed E-state index contributed by atoms with van der Waals surface area (Å²) in [6.45, 7) is 5.65. The lowest BCUT2D eigenvalue weighted by Crippen LogP contribution is -2.47. The summed E-state index contributed by atoms with van der Waals surface area (Å²) in [5, 5.41) is 2.83. The van der Waals surface area contributed by atoms with Gasteiger partial charge in [-0.2, -0.15) is 13.2 Å². The molecule has 3 aromatic rings. The topological polar surface area (TPSA) is 94.6 Å². The van der Waals surface area contributed by atoms with Crippen molar-refractivity contribution in [1.29, 1.82) is 0 Å². The Balaban J connectivity index is 1.48. The average Bonchev–Trinajstić information content (AvgIpc) is 2.91. The summed E-state index contributed by atoms with van der Waals surface area (Å²) in [7, 11) is -3.44. The summed E-state index contributed by atoms with van der Waals surface area (Å²) >= 11 is 0. The lowest BCUT2D eigenvalue weighted by Gasteiger charge is -2.37. The van der Waals surface area contributed by atoms with Gasteiger partial charge in [-0.05, 0) is 49.2 Å². The summed E-state index contributed by atoms with van der Waals surface area (Å²) < 4.78 is 66.1. The summed E-state index contributed by atoms with van der Waals surface area (Å²) in [6.07, 6.45) is -3.53. The molecular weight excluding hydrogens is 543 g/mol. The monoisotopic (exact) mass is 575 g/mol. The third kappa shape index (κ3) is 7.23. The first-order valence-electron chi connectivity index (χ1n) is 12.8. The van der Waals surface area contributed by atoms with Crippen molar-refractivity contribution in [1.82, 2.24) is 10.3 Å². The molecule has 1 aromatic heterocycles. The van der Waals surface area contributed by atoms with Gasteiger partial charge in [-0.15, -0.1) is 0 Å². The summed E-state index contributed by atoms with van der Waals surface area (Å²) in [6, 6.07) is 17.1. The Morgan fingerprint density at radius 2 is 1.65 bits per heavy atom. The molecule has 12 heteroatoms. The highest BCUT2D eigenvalue weighted by molar-refractivity contribution is 7.92. The fourth-order valence-electron chi connectivity index (χ4n) is 4.62. The maximum atomic E-state index is 13.5.